The Hall–Kier alpha value is -1.32. The number of anilines is 1. The van der Waals surface area contributed by atoms with E-state index in [9.17, 15) is 8.78 Å². The summed E-state index contributed by atoms with van der Waals surface area (Å²) in [5.41, 5.74) is 5.72. The summed E-state index contributed by atoms with van der Waals surface area (Å²) in [5.74, 6) is 0.248. The molecule has 0 atom stereocenters. The predicted octanol–water partition coefficient (Wildman–Crippen LogP) is 4.95. The lowest BCUT2D eigenvalue weighted by Gasteiger charge is -2.11. The summed E-state index contributed by atoms with van der Waals surface area (Å²) in [5, 5.41) is 0. The van der Waals surface area contributed by atoms with Crippen molar-refractivity contribution in [3.8, 4) is 5.75 Å². The van der Waals surface area contributed by atoms with Gasteiger partial charge in [0.1, 0.15) is 5.75 Å². The van der Waals surface area contributed by atoms with Crippen molar-refractivity contribution in [1.82, 2.24) is 0 Å². The van der Waals surface area contributed by atoms with Crippen LogP contribution in [0.25, 0.3) is 0 Å². The molecule has 0 aromatic heterocycles. The van der Waals surface area contributed by atoms with Crippen LogP contribution in [0.4, 0.5) is 14.5 Å². The van der Waals surface area contributed by atoms with E-state index in [0.29, 0.717) is 12.3 Å². The van der Waals surface area contributed by atoms with Gasteiger partial charge >= 0.3 is 0 Å². The van der Waals surface area contributed by atoms with Crippen molar-refractivity contribution >= 4 is 5.69 Å². The summed E-state index contributed by atoms with van der Waals surface area (Å²) in [6.07, 6.45) is 4.33. The normalized spacial score (nSPS) is 10.9. The van der Waals surface area contributed by atoms with Crippen LogP contribution < -0.4 is 10.5 Å². The molecule has 0 aliphatic heterocycles. The maximum atomic E-state index is 12.8. The van der Waals surface area contributed by atoms with Crippen molar-refractivity contribution in [3.63, 3.8) is 0 Å². The van der Waals surface area contributed by atoms with Crippen LogP contribution in [0, 0.1) is 0 Å². The largest absolute Gasteiger partial charge is 0.493 e. The fraction of sp³-hybridized carbons (Fsp3) is 0.600. The molecule has 1 aromatic carbocycles. The Morgan fingerprint density at radius 1 is 1.11 bits per heavy atom. The van der Waals surface area contributed by atoms with Crippen molar-refractivity contribution in [1.29, 1.82) is 0 Å². The third kappa shape index (κ3) is 5.90. The number of ether oxygens (including phenoxy) is 1. The molecule has 1 aromatic rings. The second kappa shape index (κ2) is 8.73. The van der Waals surface area contributed by atoms with E-state index >= 15 is 0 Å². The average molecular weight is 271 g/mol. The molecule has 0 aliphatic rings. The molecule has 1 rings (SSSR count). The Morgan fingerprint density at radius 3 is 2.47 bits per heavy atom. The molecule has 0 amide bonds. The third-order valence-electron chi connectivity index (χ3n) is 3.02. The minimum atomic E-state index is -2.55. The molecule has 4 heteroatoms. The molecule has 0 bridgehead atoms. The van der Waals surface area contributed by atoms with Gasteiger partial charge in [-0.3, -0.25) is 0 Å². The molecule has 108 valence electrons. The average Bonchev–Trinajstić information content (AvgIpc) is 2.39. The number of nitrogen functional groups attached to an aromatic ring is 1. The maximum absolute atomic E-state index is 12.8. The van der Waals surface area contributed by atoms with Crippen molar-refractivity contribution in [3.05, 3.63) is 23.8 Å². The highest BCUT2D eigenvalue weighted by Crippen LogP contribution is 2.30. The standard InChI is InChI=1S/C15H23F2NO/c1-2-3-4-5-6-7-10-19-14-9-8-12(18)11-13(14)15(16)17/h8-9,11,15H,2-7,10,18H2,1H3. The SMILES string of the molecule is CCCCCCCCOc1ccc(N)cc1C(F)F. The van der Waals surface area contributed by atoms with E-state index in [1.807, 2.05) is 0 Å². The Bertz CT molecular complexity index is 369. The lowest BCUT2D eigenvalue weighted by molar-refractivity contribution is 0.145. The summed E-state index contributed by atoms with van der Waals surface area (Å²) < 4.78 is 31.0. The van der Waals surface area contributed by atoms with E-state index in [0.717, 1.165) is 12.8 Å². The molecule has 19 heavy (non-hydrogen) atoms. The van der Waals surface area contributed by atoms with Crippen molar-refractivity contribution in [2.45, 2.75) is 51.9 Å². The molecule has 0 heterocycles. The quantitative estimate of drug-likeness (QED) is 0.509. The van der Waals surface area contributed by atoms with Crippen LogP contribution in [0.15, 0.2) is 18.2 Å². The first-order chi connectivity index (χ1) is 9.15. The highest BCUT2D eigenvalue weighted by Gasteiger charge is 2.14. The van der Waals surface area contributed by atoms with Crippen LogP contribution >= 0.6 is 0 Å². The molecule has 2 nitrogen and oxygen atoms in total. The zero-order valence-electron chi connectivity index (χ0n) is 11.5. The van der Waals surface area contributed by atoms with Gasteiger partial charge in [0.15, 0.2) is 0 Å². The molecule has 0 fully saturated rings. The summed E-state index contributed by atoms with van der Waals surface area (Å²) in [4.78, 5) is 0. The summed E-state index contributed by atoms with van der Waals surface area (Å²) in [6, 6.07) is 4.39. The van der Waals surface area contributed by atoms with Gasteiger partial charge in [0.05, 0.1) is 12.2 Å². The molecule has 0 radical (unpaired) electrons. The number of hydrogen-bond acceptors (Lipinski definition) is 2. The zero-order valence-corrected chi connectivity index (χ0v) is 11.5. The van der Waals surface area contributed by atoms with Crippen LogP contribution in [0.5, 0.6) is 5.75 Å². The predicted molar refractivity (Wildman–Crippen MR) is 74.7 cm³/mol. The summed E-state index contributed by atoms with van der Waals surface area (Å²) in [6.45, 7) is 2.66. The Kier molecular flexibility index (Phi) is 7.23. The van der Waals surface area contributed by atoms with Gasteiger partial charge in [0.25, 0.3) is 6.43 Å². The number of rotatable bonds is 9. The van der Waals surface area contributed by atoms with Crippen molar-refractivity contribution in [2.24, 2.45) is 0 Å². The van der Waals surface area contributed by atoms with Gasteiger partial charge in [0.2, 0.25) is 0 Å². The zero-order chi connectivity index (χ0) is 14.1. The number of nitrogens with two attached hydrogens (primary N) is 1. The van der Waals surface area contributed by atoms with E-state index in [2.05, 4.69) is 6.92 Å². The van der Waals surface area contributed by atoms with Gasteiger partial charge in [-0.2, -0.15) is 0 Å². The lowest BCUT2D eigenvalue weighted by Crippen LogP contribution is -2.01. The van der Waals surface area contributed by atoms with Crippen LogP contribution in [0.3, 0.4) is 0 Å². The lowest BCUT2D eigenvalue weighted by atomic mass is 10.1. The minimum absolute atomic E-state index is 0.119. The second-order valence-corrected chi connectivity index (χ2v) is 4.71. The Balaban J connectivity index is 2.33. The maximum Gasteiger partial charge on any atom is 0.267 e. The van der Waals surface area contributed by atoms with Gasteiger partial charge in [0, 0.05) is 5.69 Å². The van der Waals surface area contributed by atoms with Crippen molar-refractivity contribution in [2.75, 3.05) is 12.3 Å². The molecule has 0 spiro atoms. The van der Waals surface area contributed by atoms with Gasteiger partial charge in [-0.05, 0) is 24.6 Å². The summed E-state index contributed by atoms with van der Waals surface area (Å²) in [7, 11) is 0. The summed E-state index contributed by atoms with van der Waals surface area (Å²) >= 11 is 0. The number of alkyl halides is 2. The van der Waals surface area contributed by atoms with E-state index in [1.165, 1.54) is 37.8 Å². The van der Waals surface area contributed by atoms with Crippen LogP contribution in [0.1, 0.15) is 57.4 Å². The van der Waals surface area contributed by atoms with Crippen LogP contribution in [0.2, 0.25) is 0 Å². The number of halogens is 2. The molecule has 0 unspecified atom stereocenters. The molecule has 0 saturated carbocycles. The number of unbranched alkanes of at least 4 members (excludes halogenated alkanes) is 5. The molecule has 0 saturated heterocycles. The topological polar surface area (TPSA) is 35.2 Å². The van der Waals surface area contributed by atoms with E-state index in [4.69, 9.17) is 10.5 Å². The fourth-order valence-electron chi connectivity index (χ4n) is 1.93. The third-order valence-corrected chi connectivity index (χ3v) is 3.02. The fourth-order valence-corrected chi connectivity index (χ4v) is 1.93. The molecular formula is C15H23F2NO. The second-order valence-electron chi connectivity index (χ2n) is 4.71. The van der Waals surface area contributed by atoms with Crippen LogP contribution in [-0.4, -0.2) is 6.61 Å². The van der Waals surface area contributed by atoms with Gasteiger partial charge < -0.3 is 10.5 Å². The van der Waals surface area contributed by atoms with E-state index in [-0.39, 0.29) is 11.3 Å². The minimum Gasteiger partial charge on any atom is -0.493 e. The van der Waals surface area contributed by atoms with Crippen LogP contribution in [-0.2, 0) is 0 Å². The number of benzene rings is 1. The highest BCUT2D eigenvalue weighted by atomic mass is 19.3. The molecule has 2 N–H and O–H groups in total. The molecule has 0 aliphatic carbocycles. The van der Waals surface area contributed by atoms with E-state index in [1.54, 1.807) is 6.07 Å². The first kappa shape index (κ1) is 15.7. The Labute approximate surface area is 114 Å². The Morgan fingerprint density at radius 2 is 1.79 bits per heavy atom. The van der Waals surface area contributed by atoms with Gasteiger partial charge in [-0.25, -0.2) is 8.78 Å². The first-order valence-electron chi connectivity index (χ1n) is 6.95. The number of hydrogen-bond donors (Lipinski definition) is 1. The first-order valence-corrected chi connectivity index (χ1v) is 6.95. The van der Waals surface area contributed by atoms with E-state index < -0.39 is 6.43 Å². The van der Waals surface area contributed by atoms with Gasteiger partial charge in [-0.15, -0.1) is 0 Å². The smallest absolute Gasteiger partial charge is 0.267 e. The highest BCUT2D eigenvalue weighted by molar-refractivity contribution is 5.48. The molecular weight excluding hydrogens is 248 g/mol. The monoisotopic (exact) mass is 271 g/mol. The van der Waals surface area contributed by atoms with Crippen molar-refractivity contribution < 1.29 is 13.5 Å². The van der Waals surface area contributed by atoms with Gasteiger partial charge in [-0.1, -0.05) is 39.0 Å².